The van der Waals surface area contributed by atoms with Gasteiger partial charge < -0.3 is 0 Å². The van der Waals surface area contributed by atoms with Gasteiger partial charge in [0.15, 0.2) is 0 Å². The van der Waals surface area contributed by atoms with Crippen molar-refractivity contribution < 1.29 is 0 Å². The van der Waals surface area contributed by atoms with Crippen LogP contribution in [-0.2, 0) is 0 Å². The first-order valence-corrected chi connectivity index (χ1v) is 21.6. The van der Waals surface area contributed by atoms with E-state index in [2.05, 4.69) is 83.6 Å². The Hall–Kier alpha value is -0.111. The zero-order valence-electron chi connectivity index (χ0n) is 25.6. The molecule has 0 aromatic carbocycles. The Labute approximate surface area is 226 Å². The van der Waals surface area contributed by atoms with Gasteiger partial charge in [0.2, 0.25) is 0 Å². The molecule has 3 heteroatoms. The standard InChI is InChI=1S/2C16H29B.Sn/c2*1-6-11-13-15(8-3)16(14-12-7-2)17(9-4)10-5;/h2*6-12H2,1-5H3;. The second-order valence-electron chi connectivity index (χ2n) is 11.2. The molecule has 0 amide bonds. The van der Waals surface area contributed by atoms with Crippen LogP contribution in [0.5, 0.6) is 0 Å². The van der Waals surface area contributed by atoms with E-state index in [4.69, 9.17) is 0 Å². The Morgan fingerprint density at radius 3 is 0.943 bits per heavy atom. The minimum atomic E-state index is -3.15. The molecular formula is C32H58B2Sn. The fourth-order valence-electron chi connectivity index (χ4n) is 8.15. The predicted octanol–water partition coefficient (Wildman–Crippen LogP) is 11.0. The maximum atomic E-state index is 2.49. The van der Waals surface area contributed by atoms with Crippen LogP contribution in [0.25, 0.3) is 0 Å². The first-order chi connectivity index (χ1) is 17.0. The van der Waals surface area contributed by atoms with Crippen LogP contribution in [0.15, 0.2) is 36.4 Å². The maximum absolute atomic E-state index is 3.15. The van der Waals surface area contributed by atoms with Gasteiger partial charge in [-0.1, -0.05) is 0 Å². The molecule has 0 unspecified atom stereocenters. The van der Waals surface area contributed by atoms with Crippen LogP contribution in [0.3, 0.4) is 0 Å². The van der Waals surface area contributed by atoms with Crippen LogP contribution >= 0.6 is 0 Å². The van der Waals surface area contributed by atoms with Crippen molar-refractivity contribution in [1.29, 1.82) is 0 Å². The van der Waals surface area contributed by atoms with E-state index in [-0.39, 0.29) is 0 Å². The van der Waals surface area contributed by atoms with Crippen LogP contribution < -0.4 is 0 Å². The summed E-state index contributed by atoms with van der Waals surface area (Å²) in [4.78, 5) is 0. The van der Waals surface area contributed by atoms with E-state index in [1.54, 1.807) is 0 Å². The molecular weight excluding hydrogens is 525 g/mol. The summed E-state index contributed by atoms with van der Waals surface area (Å²) >= 11 is -3.15. The number of hydrogen-bond donors (Lipinski definition) is 0. The minimum absolute atomic E-state index is 0.766. The van der Waals surface area contributed by atoms with E-state index in [0.717, 1.165) is 13.4 Å². The Morgan fingerprint density at radius 2 is 0.714 bits per heavy atom. The average molecular weight is 583 g/mol. The number of allylic oxidation sites excluding steroid dienone is 8. The van der Waals surface area contributed by atoms with E-state index in [9.17, 15) is 0 Å². The quantitative estimate of drug-likeness (QED) is 0.159. The molecule has 2 aliphatic heterocycles. The fraction of sp³-hybridized carbons (Fsp3) is 0.750. The SMILES string of the molecule is CCC[C]1=C(CC)C(B(CC)CC)=[C](CCC)[Sn]12[C](CCC)=C(CC)C(B(CC)CC)=[C]2CCC. The van der Waals surface area contributed by atoms with Gasteiger partial charge in [-0.2, -0.15) is 0 Å². The Morgan fingerprint density at radius 1 is 0.429 bits per heavy atom. The van der Waals surface area contributed by atoms with Gasteiger partial charge in [0.1, 0.15) is 0 Å². The number of hydrogen-bond acceptors (Lipinski definition) is 0. The van der Waals surface area contributed by atoms with Crippen LogP contribution in [0.1, 0.15) is 133 Å². The Bertz CT molecular complexity index is 764. The first-order valence-electron chi connectivity index (χ1n) is 15.9. The van der Waals surface area contributed by atoms with Crippen molar-refractivity contribution in [2.75, 3.05) is 0 Å². The third kappa shape index (κ3) is 5.40. The zero-order chi connectivity index (χ0) is 26.2. The molecule has 0 bridgehead atoms. The van der Waals surface area contributed by atoms with Crippen molar-refractivity contribution in [3.8, 4) is 0 Å². The van der Waals surface area contributed by atoms with Crippen molar-refractivity contribution in [3.05, 3.63) is 36.4 Å². The summed E-state index contributed by atoms with van der Waals surface area (Å²) in [5.74, 6) is 0. The molecule has 0 aromatic heterocycles. The first kappa shape index (κ1) is 31.1. The van der Waals surface area contributed by atoms with Gasteiger partial charge in [0, 0.05) is 0 Å². The van der Waals surface area contributed by atoms with Crippen molar-refractivity contribution >= 4 is 31.8 Å². The normalized spacial score (nSPS) is 17.7. The van der Waals surface area contributed by atoms with E-state index < -0.39 is 18.4 Å². The van der Waals surface area contributed by atoms with Crippen LogP contribution in [0, 0.1) is 0 Å². The summed E-state index contributed by atoms with van der Waals surface area (Å²) in [7, 11) is 0. The second kappa shape index (κ2) is 14.7. The molecule has 0 fully saturated rings. The molecule has 2 aliphatic rings. The van der Waals surface area contributed by atoms with E-state index in [1.807, 2.05) is 22.1 Å². The molecule has 1 spiro atoms. The Balaban J connectivity index is 3.20. The van der Waals surface area contributed by atoms with Crippen LogP contribution in [0.2, 0.25) is 25.3 Å². The Kier molecular flexibility index (Phi) is 13.1. The molecule has 35 heavy (non-hydrogen) atoms. The molecule has 0 aliphatic carbocycles. The van der Waals surface area contributed by atoms with Gasteiger partial charge in [-0.05, 0) is 0 Å². The molecule has 0 aromatic rings. The van der Waals surface area contributed by atoms with Gasteiger partial charge in [0.25, 0.3) is 0 Å². The molecule has 0 nitrogen and oxygen atoms in total. The van der Waals surface area contributed by atoms with Crippen molar-refractivity contribution in [1.82, 2.24) is 0 Å². The molecule has 0 N–H and O–H groups in total. The third-order valence-corrected chi connectivity index (χ3v) is 25.8. The summed E-state index contributed by atoms with van der Waals surface area (Å²) in [6, 6.07) is 0. The molecule has 196 valence electrons. The molecule has 2 rings (SSSR count). The summed E-state index contributed by atoms with van der Waals surface area (Å²) in [6.07, 6.45) is 18.5. The van der Waals surface area contributed by atoms with E-state index in [0.29, 0.717) is 0 Å². The fourth-order valence-corrected chi connectivity index (χ4v) is 30.2. The molecule has 0 radical (unpaired) electrons. The van der Waals surface area contributed by atoms with Crippen molar-refractivity contribution in [2.45, 2.75) is 159 Å². The van der Waals surface area contributed by atoms with Gasteiger partial charge in [-0.3, -0.25) is 0 Å². The van der Waals surface area contributed by atoms with E-state index in [1.165, 1.54) is 89.5 Å². The van der Waals surface area contributed by atoms with Gasteiger partial charge in [-0.25, -0.2) is 0 Å². The van der Waals surface area contributed by atoms with Crippen LogP contribution in [-0.4, -0.2) is 31.8 Å². The summed E-state index contributed by atoms with van der Waals surface area (Å²) in [5.41, 5.74) is 7.59. The van der Waals surface area contributed by atoms with Crippen LogP contribution in [0.4, 0.5) is 0 Å². The van der Waals surface area contributed by atoms with Gasteiger partial charge in [0.05, 0.1) is 0 Å². The zero-order valence-corrected chi connectivity index (χ0v) is 28.4. The predicted molar refractivity (Wildman–Crippen MR) is 168 cm³/mol. The second-order valence-corrected chi connectivity index (χ2v) is 22.4. The molecule has 2 heterocycles. The van der Waals surface area contributed by atoms with Gasteiger partial charge in [-0.15, -0.1) is 0 Å². The van der Waals surface area contributed by atoms with Crippen molar-refractivity contribution in [3.63, 3.8) is 0 Å². The summed E-state index contributed by atoms with van der Waals surface area (Å²) < 4.78 is 8.28. The number of rotatable bonds is 16. The molecule has 0 atom stereocenters. The topological polar surface area (TPSA) is 0 Å². The molecule has 0 saturated heterocycles. The summed E-state index contributed by atoms with van der Waals surface area (Å²) in [6.45, 7) is 26.2. The monoisotopic (exact) mass is 584 g/mol. The third-order valence-electron chi connectivity index (χ3n) is 9.33. The van der Waals surface area contributed by atoms with E-state index >= 15 is 0 Å². The van der Waals surface area contributed by atoms with Crippen molar-refractivity contribution in [2.24, 2.45) is 0 Å². The average Bonchev–Trinajstić information content (AvgIpc) is 3.28. The summed E-state index contributed by atoms with van der Waals surface area (Å²) in [5, 5.41) is 0. The van der Waals surface area contributed by atoms with Gasteiger partial charge >= 0.3 is 227 Å². The molecule has 0 saturated carbocycles.